The number of carbonyl (C=O) groups is 1. The zero-order chi connectivity index (χ0) is 21.0. The summed E-state index contributed by atoms with van der Waals surface area (Å²) in [5.41, 5.74) is 1.19. The Bertz CT molecular complexity index is 1140. The first kappa shape index (κ1) is 20.3. The summed E-state index contributed by atoms with van der Waals surface area (Å²) >= 11 is 0. The van der Waals surface area contributed by atoms with Crippen molar-refractivity contribution in [1.29, 1.82) is 0 Å². The second kappa shape index (κ2) is 8.31. The number of rotatable bonds is 6. The molecule has 0 bridgehead atoms. The van der Waals surface area contributed by atoms with E-state index in [1.165, 1.54) is 24.5 Å². The van der Waals surface area contributed by atoms with Crippen molar-refractivity contribution in [2.45, 2.75) is 10.7 Å². The molecule has 1 aromatic heterocycles. The van der Waals surface area contributed by atoms with E-state index in [1.54, 1.807) is 31.4 Å². The smallest absolute Gasteiger partial charge is 0.341 e. The maximum absolute atomic E-state index is 12.7. The summed E-state index contributed by atoms with van der Waals surface area (Å²) in [4.78, 5) is 19.9. The Balaban J connectivity index is 1.83. The maximum Gasteiger partial charge on any atom is 0.341 e. The first-order chi connectivity index (χ1) is 13.8. The zero-order valence-electron chi connectivity index (χ0n) is 15.0. The van der Waals surface area contributed by atoms with Crippen LogP contribution in [0.15, 0.2) is 65.8 Å². The number of hydrogen-bond acceptors (Lipinski definition) is 6. The van der Waals surface area contributed by atoms with Crippen molar-refractivity contribution in [2.24, 2.45) is 0 Å². The van der Waals surface area contributed by atoms with Crippen LogP contribution in [0.3, 0.4) is 0 Å². The summed E-state index contributed by atoms with van der Waals surface area (Å²) in [6, 6.07) is 13.0. The number of anilines is 1. The lowest BCUT2D eigenvalue weighted by molar-refractivity contribution is 0.102. The fraction of sp³-hybridized carbons (Fsp3) is 0.105. The molecule has 7 nitrogen and oxygen atoms in total. The van der Waals surface area contributed by atoms with E-state index in [2.05, 4.69) is 15.3 Å². The molecule has 0 saturated heterocycles. The van der Waals surface area contributed by atoms with E-state index >= 15 is 0 Å². The van der Waals surface area contributed by atoms with Gasteiger partial charge in [0.05, 0.1) is 17.7 Å². The van der Waals surface area contributed by atoms with Crippen molar-refractivity contribution < 1.29 is 26.7 Å². The Kier molecular flexibility index (Phi) is 5.83. The van der Waals surface area contributed by atoms with Crippen molar-refractivity contribution in [2.75, 3.05) is 12.4 Å². The summed E-state index contributed by atoms with van der Waals surface area (Å²) in [5, 5.41) is 2.50. The van der Waals surface area contributed by atoms with E-state index in [1.807, 2.05) is 0 Å². The largest absolute Gasteiger partial charge is 0.497 e. The number of alkyl halides is 2. The molecule has 0 spiro atoms. The van der Waals surface area contributed by atoms with Crippen molar-refractivity contribution >= 4 is 21.6 Å². The zero-order valence-corrected chi connectivity index (χ0v) is 15.9. The van der Waals surface area contributed by atoms with Gasteiger partial charge in [0, 0.05) is 17.2 Å². The maximum atomic E-state index is 12.7. The lowest BCUT2D eigenvalue weighted by atomic mass is 10.1. The molecule has 0 aliphatic carbocycles. The fourth-order valence-corrected chi connectivity index (χ4v) is 3.22. The summed E-state index contributed by atoms with van der Waals surface area (Å²) in [6.45, 7) is 0. The molecule has 3 rings (SSSR count). The summed E-state index contributed by atoms with van der Waals surface area (Å²) < 4.78 is 53.7. The van der Waals surface area contributed by atoms with Gasteiger partial charge in [-0.25, -0.2) is 18.4 Å². The summed E-state index contributed by atoms with van der Waals surface area (Å²) in [7, 11) is -3.25. The average molecular weight is 419 g/mol. The van der Waals surface area contributed by atoms with Gasteiger partial charge in [-0.15, -0.1) is 0 Å². The van der Waals surface area contributed by atoms with E-state index in [4.69, 9.17) is 4.74 Å². The number of hydrogen-bond donors (Lipinski definition) is 1. The number of sulfone groups is 1. The molecule has 3 aromatic rings. The van der Waals surface area contributed by atoms with E-state index < -0.39 is 26.4 Å². The van der Waals surface area contributed by atoms with Crippen molar-refractivity contribution in [3.05, 3.63) is 66.5 Å². The molecule has 0 aliphatic rings. The number of halogens is 2. The Morgan fingerprint density at radius 2 is 1.79 bits per heavy atom. The van der Waals surface area contributed by atoms with E-state index in [0.717, 1.165) is 17.7 Å². The number of benzene rings is 2. The van der Waals surface area contributed by atoms with Crippen molar-refractivity contribution in [1.82, 2.24) is 9.97 Å². The van der Waals surface area contributed by atoms with Crippen LogP contribution in [0, 0.1) is 0 Å². The quantitative estimate of drug-likeness (QED) is 0.658. The Labute approximate surface area is 165 Å². The minimum atomic E-state index is -4.80. The predicted octanol–water partition coefficient (Wildman–Crippen LogP) is 3.40. The van der Waals surface area contributed by atoms with Gasteiger partial charge in [0.1, 0.15) is 17.9 Å². The average Bonchev–Trinajstić information content (AvgIpc) is 2.74. The monoisotopic (exact) mass is 419 g/mol. The highest BCUT2D eigenvalue weighted by Crippen LogP contribution is 2.23. The molecule has 1 N–H and O–H groups in total. The highest BCUT2D eigenvalue weighted by Gasteiger charge is 2.27. The van der Waals surface area contributed by atoms with Crippen LogP contribution >= 0.6 is 0 Å². The molecular formula is C19H15F2N3O4S. The standard InChI is InChI=1S/C19H15F2N3O4S/c1-28-14-7-5-12(6-8-14)16-10-17(23-11-22-16)24-18(25)13-3-2-4-15(9-13)29(26,27)19(20)21/h2-11,19H,1H3,(H,22,23,24,25). The van der Waals surface area contributed by atoms with Crippen LogP contribution in [-0.4, -0.2) is 37.2 Å². The molecule has 0 aliphatic heterocycles. The predicted molar refractivity (Wildman–Crippen MR) is 102 cm³/mol. The number of nitrogens with zero attached hydrogens (tertiary/aromatic N) is 2. The topological polar surface area (TPSA) is 98.2 Å². The van der Waals surface area contributed by atoms with Crippen LogP contribution in [0.2, 0.25) is 0 Å². The Morgan fingerprint density at radius 3 is 2.45 bits per heavy atom. The molecule has 0 fully saturated rings. The number of nitrogens with one attached hydrogen (secondary N) is 1. The van der Waals surface area contributed by atoms with Crippen molar-refractivity contribution in [3.63, 3.8) is 0 Å². The van der Waals surface area contributed by atoms with Gasteiger partial charge in [0.25, 0.3) is 5.91 Å². The first-order valence-electron chi connectivity index (χ1n) is 8.21. The first-order valence-corrected chi connectivity index (χ1v) is 9.76. The highest BCUT2D eigenvalue weighted by molar-refractivity contribution is 7.91. The molecular weight excluding hydrogens is 404 g/mol. The lowest BCUT2D eigenvalue weighted by Gasteiger charge is -2.08. The van der Waals surface area contributed by atoms with E-state index in [-0.39, 0.29) is 11.4 Å². The molecule has 2 aromatic carbocycles. The van der Waals surface area contributed by atoms with Gasteiger partial charge >= 0.3 is 5.76 Å². The molecule has 0 unspecified atom stereocenters. The molecule has 1 heterocycles. The molecule has 0 radical (unpaired) electrons. The number of ether oxygens (including phenoxy) is 1. The van der Waals surface area contributed by atoms with Gasteiger partial charge in [-0.1, -0.05) is 6.07 Å². The second-order valence-electron chi connectivity index (χ2n) is 5.80. The van der Waals surface area contributed by atoms with Gasteiger partial charge in [0.2, 0.25) is 9.84 Å². The lowest BCUT2D eigenvalue weighted by Crippen LogP contribution is -2.16. The summed E-state index contributed by atoms with van der Waals surface area (Å²) in [6.07, 6.45) is 1.26. The number of aromatic nitrogens is 2. The molecule has 10 heteroatoms. The SMILES string of the molecule is COc1ccc(-c2cc(NC(=O)c3cccc(S(=O)(=O)C(F)F)c3)ncn2)cc1. The van der Waals surface area contributed by atoms with Crippen molar-refractivity contribution in [3.8, 4) is 17.0 Å². The van der Waals surface area contributed by atoms with Crippen LogP contribution in [0.25, 0.3) is 11.3 Å². The van der Waals surface area contributed by atoms with Gasteiger partial charge in [0.15, 0.2) is 0 Å². The normalized spacial score (nSPS) is 11.3. The van der Waals surface area contributed by atoms with Crippen LogP contribution in [0.5, 0.6) is 5.75 Å². The third-order valence-corrected chi connectivity index (χ3v) is 5.33. The van der Waals surface area contributed by atoms with Crippen LogP contribution in [0.1, 0.15) is 10.4 Å². The van der Waals surface area contributed by atoms with Gasteiger partial charge in [-0.3, -0.25) is 4.79 Å². The Morgan fingerprint density at radius 1 is 1.07 bits per heavy atom. The van der Waals surface area contributed by atoms with Crippen LogP contribution in [0.4, 0.5) is 14.6 Å². The number of methoxy groups -OCH3 is 1. The van der Waals surface area contributed by atoms with Crippen LogP contribution in [-0.2, 0) is 9.84 Å². The minimum Gasteiger partial charge on any atom is -0.497 e. The molecule has 1 amide bonds. The highest BCUT2D eigenvalue weighted by atomic mass is 32.2. The van der Waals surface area contributed by atoms with E-state index in [0.29, 0.717) is 11.4 Å². The fourth-order valence-electron chi connectivity index (χ4n) is 2.45. The number of carbonyl (C=O) groups excluding carboxylic acids is 1. The number of amides is 1. The van der Waals surface area contributed by atoms with Gasteiger partial charge < -0.3 is 10.1 Å². The Hall–Kier alpha value is -3.40. The third kappa shape index (κ3) is 4.54. The van der Waals surface area contributed by atoms with Gasteiger partial charge in [-0.2, -0.15) is 8.78 Å². The second-order valence-corrected chi connectivity index (χ2v) is 7.72. The van der Waals surface area contributed by atoms with Crippen LogP contribution < -0.4 is 10.1 Å². The molecule has 150 valence electrons. The summed E-state index contributed by atoms with van der Waals surface area (Å²) in [5.74, 6) is -3.43. The van der Waals surface area contributed by atoms with E-state index in [9.17, 15) is 22.0 Å². The molecule has 0 atom stereocenters. The van der Waals surface area contributed by atoms with Gasteiger partial charge in [-0.05, 0) is 42.5 Å². The molecule has 0 saturated carbocycles. The molecule has 29 heavy (non-hydrogen) atoms. The minimum absolute atomic E-state index is 0.101. The third-order valence-electron chi connectivity index (χ3n) is 3.95.